The van der Waals surface area contributed by atoms with E-state index in [9.17, 15) is 4.79 Å². The Balaban J connectivity index is 2.96. The third kappa shape index (κ3) is 1.59. The minimum absolute atomic E-state index is 0.290. The molecule has 0 spiro atoms. The number of aliphatic hydroxyl groups is 1. The lowest BCUT2D eigenvalue weighted by atomic mass is 10.3. The zero-order chi connectivity index (χ0) is 10.8. The van der Waals surface area contributed by atoms with Crippen molar-refractivity contribution in [2.24, 2.45) is 0 Å². The number of rotatable bonds is 2. The van der Waals surface area contributed by atoms with E-state index in [0.29, 0.717) is 5.69 Å². The first kappa shape index (κ1) is 4.56. The van der Waals surface area contributed by atoms with Crippen molar-refractivity contribution in [1.29, 1.82) is 0 Å². The standard InChI is InChI=1S/C7H9NO3/c1-11-7-3-8-5(4-9)2-6(7)10/h2-3,9H,4H2,1H3,(H,8,10)/i1D3. The van der Waals surface area contributed by atoms with Crippen molar-refractivity contribution in [3.8, 4) is 5.75 Å². The van der Waals surface area contributed by atoms with Crippen LogP contribution in [-0.2, 0) is 6.61 Å². The first-order valence-corrected chi connectivity index (χ1v) is 2.94. The van der Waals surface area contributed by atoms with Crippen LogP contribution in [0.4, 0.5) is 0 Å². The number of nitrogens with one attached hydrogen (secondary N) is 1. The van der Waals surface area contributed by atoms with Gasteiger partial charge >= 0.3 is 0 Å². The molecule has 2 N–H and O–H groups in total. The quantitative estimate of drug-likeness (QED) is 0.630. The normalized spacial score (nSPS) is 14.8. The van der Waals surface area contributed by atoms with Crippen LogP contribution in [0, 0.1) is 0 Å². The monoisotopic (exact) mass is 158 g/mol. The molecule has 1 rings (SSSR count). The summed E-state index contributed by atoms with van der Waals surface area (Å²) in [7, 11) is -2.65. The van der Waals surface area contributed by atoms with Crippen LogP contribution in [0.15, 0.2) is 17.1 Å². The number of ether oxygens (including phenoxy) is 1. The topological polar surface area (TPSA) is 62.3 Å². The largest absolute Gasteiger partial charge is 0.491 e. The molecule has 0 bridgehead atoms. The Morgan fingerprint density at radius 3 is 3.27 bits per heavy atom. The zero-order valence-corrected chi connectivity index (χ0v) is 5.63. The molecule has 60 valence electrons. The molecule has 1 heterocycles. The first-order valence-electron chi connectivity index (χ1n) is 4.44. The Morgan fingerprint density at radius 1 is 1.91 bits per heavy atom. The average molecular weight is 158 g/mol. The van der Waals surface area contributed by atoms with Crippen LogP contribution in [-0.4, -0.2) is 17.1 Å². The third-order valence-electron chi connectivity index (χ3n) is 1.22. The summed E-state index contributed by atoms with van der Waals surface area (Å²) in [4.78, 5) is 13.7. The second kappa shape index (κ2) is 3.21. The van der Waals surface area contributed by atoms with E-state index in [4.69, 9.17) is 9.22 Å². The zero-order valence-electron chi connectivity index (χ0n) is 8.63. The molecule has 0 unspecified atom stereocenters. The van der Waals surface area contributed by atoms with Gasteiger partial charge in [-0.25, -0.2) is 0 Å². The first-order chi connectivity index (χ1) is 6.42. The molecule has 0 atom stereocenters. The van der Waals surface area contributed by atoms with Gasteiger partial charge in [-0.3, -0.25) is 4.79 Å². The molecule has 4 nitrogen and oxygen atoms in total. The molecule has 0 aromatic carbocycles. The Kier molecular flexibility index (Phi) is 1.33. The van der Waals surface area contributed by atoms with Crippen LogP contribution in [0.2, 0.25) is 0 Å². The van der Waals surface area contributed by atoms with Crippen molar-refractivity contribution in [2.75, 3.05) is 7.04 Å². The van der Waals surface area contributed by atoms with Crippen LogP contribution >= 0.6 is 0 Å². The van der Waals surface area contributed by atoms with Crippen molar-refractivity contribution in [3.63, 3.8) is 0 Å². The minimum Gasteiger partial charge on any atom is -0.491 e. The predicted octanol–water partition coefficient (Wildman–Crippen LogP) is -0.124. The highest BCUT2D eigenvalue weighted by atomic mass is 16.5. The summed E-state index contributed by atoms with van der Waals surface area (Å²) < 4.78 is 24.7. The van der Waals surface area contributed by atoms with Crippen LogP contribution < -0.4 is 10.2 Å². The van der Waals surface area contributed by atoms with E-state index in [1.807, 2.05) is 0 Å². The number of aromatic amines is 1. The lowest BCUT2D eigenvalue weighted by Crippen LogP contribution is -2.06. The van der Waals surface area contributed by atoms with Crippen LogP contribution in [0.3, 0.4) is 0 Å². The van der Waals surface area contributed by atoms with E-state index >= 15 is 0 Å². The van der Waals surface area contributed by atoms with Gasteiger partial charge in [-0.1, -0.05) is 0 Å². The number of hydrogen-bond acceptors (Lipinski definition) is 3. The van der Waals surface area contributed by atoms with Gasteiger partial charge in [0.25, 0.3) is 0 Å². The fraction of sp³-hybridized carbons (Fsp3) is 0.286. The van der Waals surface area contributed by atoms with Crippen molar-refractivity contribution < 1.29 is 14.0 Å². The molecule has 4 heteroatoms. The predicted molar refractivity (Wildman–Crippen MR) is 39.5 cm³/mol. The van der Waals surface area contributed by atoms with Crippen LogP contribution in [0.5, 0.6) is 5.75 Å². The molecule has 0 saturated heterocycles. The van der Waals surface area contributed by atoms with E-state index in [1.165, 1.54) is 0 Å². The van der Waals surface area contributed by atoms with E-state index in [2.05, 4.69) is 9.72 Å². The summed E-state index contributed by atoms with van der Waals surface area (Å²) >= 11 is 0. The SMILES string of the molecule is [2H]C([2H])([2H])Oc1c[nH]c(CO)cc1=O. The molecule has 1 aromatic rings. The number of hydrogen-bond donors (Lipinski definition) is 2. The molecular weight excluding hydrogens is 146 g/mol. The van der Waals surface area contributed by atoms with E-state index in [1.54, 1.807) is 0 Å². The molecule has 0 aliphatic rings. The second-order valence-corrected chi connectivity index (χ2v) is 1.95. The number of methoxy groups -OCH3 is 1. The smallest absolute Gasteiger partial charge is 0.223 e. The molecule has 0 fully saturated rings. The summed E-state index contributed by atoms with van der Waals surface area (Å²) in [6, 6.07) is 1.08. The van der Waals surface area contributed by atoms with Gasteiger partial charge in [0.2, 0.25) is 5.43 Å². The fourth-order valence-corrected chi connectivity index (χ4v) is 0.671. The summed E-state index contributed by atoms with van der Waals surface area (Å²) in [6.45, 7) is -0.316. The maximum Gasteiger partial charge on any atom is 0.223 e. The number of pyridine rings is 1. The van der Waals surface area contributed by atoms with E-state index < -0.39 is 12.5 Å². The van der Waals surface area contributed by atoms with Crippen molar-refractivity contribution >= 4 is 0 Å². The van der Waals surface area contributed by atoms with Crippen molar-refractivity contribution in [2.45, 2.75) is 6.61 Å². The lowest BCUT2D eigenvalue weighted by molar-refractivity contribution is 0.276. The van der Waals surface area contributed by atoms with E-state index in [0.717, 1.165) is 12.3 Å². The third-order valence-corrected chi connectivity index (χ3v) is 1.22. The van der Waals surface area contributed by atoms with Gasteiger partial charge in [-0.05, 0) is 0 Å². The molecule has 1 aromatic heterocycles. The Labute approximate surface area is 67.7 Å². The second-order valence-electron chi connectivity index (χ2n) is 1.95. The molecule has 11 heavy (non-hydrogen) atoms. The molecular formula is C7H9NO3. The van der Waals surface area contributed by atoms with Gasteiger partial charge in [-0.15, -0.1) is 0 Å². The van der Waals surface area contributed by atoms with Crippen molar-refractivity contribution in [3.05, 3.63) is 28.2 Å². The highest BCUT2D eigenvalue weighted by Gasteiger charge is 1.98. The molecule has 0 amide bonds. The fourth-order valence-electron chi connectivity index (χ4n) is 0.671. The summed E-state index contributed by atoms with van der Waals surface area (Å²) in [5.74, 6) is -0.290. The number of aromatic nitrogens is 1. The summed E-state index contributed by atoms with van der Waals surface area (Å²) in [5, 5.41) is 8.66. The Morgan fingerprint density at radius 2 is 2.73 bits per heavy atom. The lowest BCUT2D eigenvalue weighted by Gasteiger charge is -1.98. The van der Waals surface area contributed by atoms with Gasteiger partial charge in [0.1, 0.15) is 0 Å². The van der Waals surface area contributed by atoms with Crippen LogP contribution in [0.25, 0.3) is 0 Å². The molecule has 0 aliphatic heterocycles. The van der Waals surface area contributed by atoms with Crippen LogP contribution in [0.1, 0.15) is 9.81 Å². The molecule has 0 radical (unpaired) electrons. The van der Waals surface area contributed by atoms with Gasteiger partial charge in [0.05, 0.1) is 17.8 Å². The summed E-state index contributed by atoms with van der Waals surface area (Å²) in [5.41, 5.74) is -0.281. The maximum atomic E-state index is 11.2. The average Bonchev–Trinajstić information content (AvgIpc) is 2.06. The highest BCUT2D eigenvalue weighted by molar-refractivity contribution is 5.19. The Bertz CT molecular complexity index is 371. The van der Waals surface area contributed by atoms with E-state index in [-0.39, 0.29) is 12.4 Å². The van der Waals surface area contributed by atoms with Crippen molar-refractivity contribution in [1.82, 2.24) is 4.98 Å². The number of aliphatic hydroxyl groups excluding tert-OH is 1. The van der Waals surface area contributed by atoms with Gasteiger partial charge < -0.3 is 14.8 Å². The summed E-state index contributed by atoms with van der Waals surface area (Å²) in [6.07, 6.45) is 1.11. The highest BCUT2D eigenvalue weighted by Crippen LogP contribution is 1.99. The molecule has 0 aliphatic carbocycles. The van der Waals surface area contributed by atoms with Gasteiger partial charge in [0, 0.05) is 18.0 Å². The maximum absolute atomic E-state index is 11.2. The minimum atomic E-state index is -2.65. The van der Waals surface area contributed by atoms with Gasteiger partial charge in [-0.2, -0.15) is 0 Å². The molecule has 0 saturated carbocycles. The Hall–Kier alpha value is -1.29. The van der Waals surface area contributed by atoms with Gasteiger partial charge in [0.15, 0.2) is 5.75 Å². The number of H-pyrrole nitrogens is 1.